The Hall–Kier alpha value is -4.27. The van der Waals surface area contributed by atoms with Crippen LogP contribution in [-0.4, -0.2) is 15.1 Å². The van der Waals surface area contributed by atoms with E-state index in [2.05, 4.69) is 67.3 Å². The van der Waals surface area contributed by atoms with Crippen LogP contribution in [0.5, 0.6) is 5.75 Å². The molecule has 0 unspecified atom stereocenters. The van der Waals surface area contributed by atoms with Crippen LogP contribution in [0.2, 0.25) is 0 Å². The van der Waals surface area contributed by atoms with E-state index in [1.54, 1.807) is 6.07 Å². The number of fused-ring (bicyclic) bond motifs is 3. The van der Waals surface area contributed by atoms with E-state index in [0.717, 1.165) is 45.0 Å². The summed E-state index contributed by atoms with van der Waals surface area (Å²) in [6.07, 6.45) is 1.82. The van der Waals surface area contributed by atoms with Crippen molar-refractivity contribution in [1.82, 2.24) is 9.97 Å². The van der Waals surface area contributed by atoms with E-state index in [4.69, 9.17) is 9.97 Å². The van der Waals surface area contributed by atoms with Crippen LogP contribution in [0, 0.1) is 6.07 Å². The van der Waals surface area contributed by atoms with Gasteiger partial charge in [-0.25, -0.2) is 4.98 Å². The average molecular weight is 700 g/mol. The maximum absolute atomic E-state index is 11.0. The minimum Gasteiger partial charge on any atom is -0.506 e. The molecule has 1 N–H and O–H groups in total. The number of hydrogen-bond acceptors (Lipinski definition) is 4. The van der Waals surface area contributed by atoms with Crippen molar-refractivity contribution in [2.24, 2.45) is 0 Å². The number of phenols is 1. The smallest absolute Gasteiger partial charge is 0.141 e. The molecule has 0 fully saturated rings. The number of pyridine rings is 2. The fourth-order valence-electron chi connectivity index (χ4n) is 5.66. The summed E-state index contributed by atoms with van der Waals surface area (Å²) in [5.74, 6) is 1.00. The molecule has 1 aliphatic heterocycles. The van der Waals surface area contributed by atoms with Crippen molar-refractivity contribution < 1.29 is 26.2 Å². The second kappa shape index (κ2) is 10.0. The predicted octanol–water partition coefficient (Wildman–Crippen LogP) is 8.58. The Morgan fingerprint density at radius 2 is 1.52 bits per heavy atom. The first-order chi connectivity index (χ1) is 19.0. The molecule has 6 aromatic rings. The van der Waals surface area contributed by atoms with Crippen molar-refractivity contribution in [3.63, 3.8) is 0 Å². The summed E-state index contributed by atoms with van der Waals surface area (Å²) in [6, 6.07) is 40.3. The number of benzene rings is 4. The largest absolute Gasteiger partial charge is 0.506 e. The summed E-state index contributed by atoms with van der Waals surface area (Å²) >= 11 is 0. The van der Waals surface area contributed by atoms with Crippen molar-refractivity contribution in [3.8, 4) is 28.1 Å². The van der Waals surface area contributed by atoms with E-state index in [9.17, 15) is 5.11 Å². The molecule has 2 aromatic heterocycles. The first-order valence-corrected chi connectivity index (χ1v) is 13.1. The zero-order chi connectivity index (χ0) is 26.6. The Labute approximate surface area is 248 Å². The Kier molecular flexibility index (Phi) is 6.52. The third-order valence-corrected chi connectivity index (χ3v) is 7.67. The Bertz CT molecular complexity index is 1850. The van der Waals surface area contributed by atoms with Gasteiger partial charge in [0.25, 0.3) is 0 Å². The summed E-state index contributed by atoms with van der Waals surface area (Å²) in [4.78, 5) is 11.8. The van der Waals surface area contributed by atoms with Crippen molar-refractivity contribution in [2.75, 3.05) is 4.90 Å². The van der Waals surface area contributed by atoms with Gasteiger partial charge in [-0.2, -0.15) is 0 Å². The van der Waals surface area contributed by atoms with Gasteiger partial charge in [0.05, 0.1) is 0 Å². The maximum atomic E-state index is 11.0. The minimum atomic E-state index is -0.213. The normalized spacial score (nSPS) is 13.3. The van der Waals surface area contributed by atoms with Crippen LogP contribution in [0.1, 0.15) is 25.0 Å². The van der Waals surface area contributed by atoms with Gasteiger partial charge in [-0.15, -0.1) is 23.8 Å². The summed E-state index contributed by atoms with van der Waals surface area (Å²) in [5.41, 5.74) is 8.46. The fraction of sp³-hybridized carbons (Fsp3) is 0.0857. The fourth-order valence-corrected chi connectivity index (χ4v) is 5.66. The van der Waals surface area contributed by atoms with E-state index in [1.165, 1.54) is 11.1 Å². The first kappa shape index (κ1) is 26.0. The van der Waals surface area contributed by atoms with Gasteiger partial charge in [-0.1, -0.05) is 86.1 Å². The number of anilines is 3. The van der Waals surface area contributed by atoms with Gasteiger partial charge in [0.15, 0.2) is 0 Å². The first-order valence-electron chi connectivity index (χ1n) is 13.1. The van der Waals surface area contributed by atoms with Crippen LogP contribution in [-0.2, 0) is 26.5 Å². The zero-order valence-electron chi connectivity index (χ0n) is 22.1. The average Bonchev–Trinajstić information content (AvgIpc) is 2.98. The monoisotopic (exact) mass is 699 g/mol. The molecule has 5 heteroatoms. The molecule has 40 heavy (non-hydrogen) atoms. The van der Waals surface area contributed by atoms with Crippen LogP contribution < -0.4 is 4.90 Å². The topological polar surface area (TPSA) is 49.3 Å². The molecule has 3 heterocycles. The number of rotatable bonds is 3. The van der Waals surface area contributed by atoms with Crippen LogP contribution in [0.15, 0.2) is 115 Å². The summed E-state index contributed by atoms with van der Waals surface area (Å²) in [5, 5.41) is 11.8. The summed E-state index contributed by atoms with van der Waals surface area (Å²) in [7, 11) is 0. The Morgan fingerprint density at radius 1 is 0.750 bits per heavy atom. The van der Waals surface area contributed by atoms with Gasteiger partial charge in [0, 0.05) is 38.3 Å². The molecule has 4 aromatic carbocycles. The zero-order valence-corrected chi connectivity index (χ0v) is 24.3. The molecular formula is C35H26N3OPt-. The van der Waals surface area contributed by atoms with Gasteiger partial charge in [-0.3, -0.25) is 4.98 Å². The number of nitrogens with zero attached hydrogens (tertiary/aromatic N) is 3. The number of aromatic nitrogens is 2. The predicted molar refractivity (Wildman–Crippen MR) is 158 cm³/mol. The van der Waals surface area contributed by atoms with Crippen LogP contribution in [0.4, 0.5) is 17.2 Å². The van der Waals surface area contributed by atoms with Crippen molar-refractivity contribution in [1.29, 1.82) is 0 Å². The van der Waals surface area contributed by atoms with Gasteiger partial charge >= 0.3 is 0 Å². The number of hydrogen-bond donors (Lipinski definition) is 1. The molecule has 0 spiro atoms. The van der Waals surface area contributed by atoms with E-state index in [1.807, 2.05) is 66.9 Å². The maximum Gasteiger partial charge on any atom is 0.141 e. The second-order valence-corrected chi connectivity index (χ2v) is 10.4. The third kappa shape index (κ3) is 4.20. The third-order valence-electron chi connectivity index (χ3n) is 7.67. The Morgan fingerprint density at radius 3 is 2.33 bits per heavy atom. The molecule has 0 atom stereocenters. The van der Waals surface area contributed by atoms with Crippen LogP contribution in [0.25, 0.3) is 33.3 Å². The SMILES string of the molecule is CC1(C)c2ccc(-c3ccc4cc(-c5ccccc5)cc(O)c4n3)[c-]c2N(c2ccccn2)c2ccccc21.[Pt]. The molecule has 0 radical (unpaired) electrons. The van der Waals surface area contributed by atoms with E-state index < -0.39 is 0 Å². The molecule has 0 saturated heterocycles. The standard InChI is InChI=1S/C35H26N3O.Pt/c1-35(2)27-12-6-7-13-30(27)38(33-14-8-9-19-36-33)31-21-24(15-17-28(31)35)29-18-16-25-20-26(22-32(39)34(25)37-29)23-10-4-3-5-11-23;/h3-20,22,39H,1-2H3;/q-1;. The molecule has 4 nitrogen and oxygen atoms in total. The van der Waals surface area contributed by atoms with Gasteiger partial charge in [-0.05, 0) is 63.8 Å². The molecular weight excluding hydrogens is 673 g/mol. The molecule has 7 rings (SSSR count). The number of aromatic hydroxyl groups is 1. The molecule has 0 bridgehead atoms. The summed E-state index contributed by atoms with van der Waals surface area (Å²) in [6.45, 7) is 4.51. The van der Waals surface area contributed by atoms with Crippen molar-refractivity contribution >= 4 is 28.1 Å². The van der Waals surface area contributed by atoms with E-state index in [-0.39, 0.29) is 32.2 Å². The number of para-hydroxylation sites is 1. The number of phenolic OH excluding ortho intramolecular Hbond substituents is 1. The minimum absolute atomic E-state index is 0. The van der Waals surface area contributed by atoms with Crippen molar-refractivity contribution in [2.45, 2.75) is 19.3 Å². The molecule has 0 saturated carbocycles. The Balaban J connectivity index is 0.00000289. The van der Waals surface area contributed by atoms with Gasteiger partial charge in [0.1, 0.15) is 17.1 Å². The quantitative estimate of drug-likeness (QED) is 0.188. The van der Waals surface area contributed by atoms with Crippen LogP contribution in [0.3, 0.4) is 0 Å². The summed E-state index contributed by atoms with van der Waals surface area (Å²) < 4.78 is 0. The second-order valence-electron chi connectivity index (χ2n) is 10.4. The van der Waals surface area contributed by atoms with Gasteiger partial charge < -0.3 is 10.0 Å². The van der Waals surface area contributed by atoms with Crippen molar-refractivity contribution in [3.05, 3.63) is 133 Å². The van der Waals surface area contributed by atoms with Gasteiger partial charge in [0.2, 0.25) is 0 Å². The molecule has 0 aliphatic carbocycles. The molecule has 198 valence electrons. The molecule has 0 amide bonds. The van der Waals surface area contributed by atoms with Crippen LogP contribution >= 0.6 is 0 Å². The molecule has 1 aliphatic rings. The van der Waals surface area contributed by atoms with E-state index in [0.29, 0.717) is 5.52 Å². The van der Waals surface area contributed by atoms with E-state index >= 15 is 0 Å².